The van der Waals surface area contributed by atoms with E-state index in [0.717, 1.165) is 43.3 Å². The van der Waals surface area contributed by atoms with Gasteiger partial charge in [0.25, 0.3) is 0 Å². The second-order valence-corrected chi connectivity index (χ2v) is 7.53. The van der Waals surface area contributed by atoms with E-state index in [2.05, 4.69) is 44.0 Å². The summed E-state index contributed by atoms with van der Waals surface area (Å²) in [4.78, 5) is 28.2. The fourth-order valence-electron chi connectivity index (χ4n) is 3.69. The van der Waals surface area contributed by atoms with Crippen molar-refractivity contribution >= 4 is 11.9 Å². The summed E-state index contributed by atoms with van der Waals surface area (Å²) < 4.78 is 0. The second kappa shape index (κ2) is 9.98. The molecule has 1 saturated heterocycles. The zero-order valence-electron chi connectivity index (χ0n) is 17.1. The van der Waals surface area contributed by atoms with Crippen LogP contribution in [0.5, 0.6) is 0 Å². The molecule has 1 amide bonds. The summed E-state index contributed by atoms with van der Waals surface area (Å²) >= 11 is 0. The molecule has 1 aliphatic rings. The smallest absolute Gasteiger partial charge is 0.237 e. The van der Waals surface area contributed by atoms with Gasteiger partial charge in [0.1, 0.15) is 0 Å². The third kappa shape index (κ3) is 5.42. The molecule has 0 atom stereocenters. The Morgan fingerprint density at radius 2 is 1.30 bits per heavy atom. The maximum atomic E-state index is 13.2. The molecule has 0 bridgehead atoms. The van der Waals surface area contributed by atoms with Crippen molar-refractivity contribution in [3.63, 3.8) is 0 Å². The molecule has 3 aromatic rings. The van der Waals surface area contributed by atoms with Gasteiger partial charge in [-0.05, 0) is 17.2 Å². The normalized spacial score (nSPS) is 14.5. The third-order valence-electron chi connectivity index (χ3n) is 5.35. The fourth-order valence-corrected chi connectivity index (χ4v) is 3.69. The van der Waals surface area contributed by atoms with Gasteiger partial charge < -0.3 is 9.80 Å². The first kappa shape index (κ1) is 20.0. The van der Waals surface area contributed by atoms with Gasteiger partial charge >= 0.3 is 0 Å². The second-order valence-electron chi connectivity index (χ2n) is 7.53. The van der Waals surface area contributed by atoms with Crippen molar-refractivity contribution in [2.75, 3.05) is 37.6 Å². The number of nitrogens with zero attached hydrogens (tertiary/aromatic N) is 5. The molecule has 0 spiro atoms. The predicted molar refractivity (Wildman–Crippen MR) is 118 cm³/mol. The standard InChI is InChI=1S/C24H27N5O/c30-23(20-27-14-16-28(17-15-27)24-25-12-7-13-26-24)29(18-21-8-3-1-4-9-21)19-22-10-5-2-6-11-22/h1-13H,14-20H2. The van der Waals surface area contributed by atoms with Crippen LogP contribution in [-0.2, 0) is 17.9 Å². The molecule has 2 aromatic carbocycles. The van der Waals surface area contributed by atoms with Gasteiger partial charge in [-0.2, -0.15) is 0 Å². The summed E-state index contributed by atoms with van der Waals surface area (Å²) in [6.45, 7) is 4.98. The largest absolute Gasteiger partial charge is 0.338 e. The van der Waals surface area contributed by atoms with Crippen LogP contribution < -0.4 is 4.90 Å². The quantitative estimate of drug-likeness (QED) is 0.609. The van der Waals surface area contributed by atoms with Crippen LogP contribution in [0.25, 0.3) is 0 Å². The van der Waals surface area contributed by atoms with Gasteiger partial charge in [0.15, 0.2) is 0 Å². The summed E-state index contributed by atoms with van der Waals surface area (Å²) in [6, 6.07) is 22.2. The van der Waals surface area contributed by atoms with E-state index in [9.17, 15) is 4.79 Å². The highest BCUT2D eigenvalue weighted by atomic mass is 16.2. The molecular weight excluding hydrogens is 374 g/mol. The minimum absolute atomic E-state index is 0.159. The highest BCUT2D eigenvalue weighted by Gasteiger charge is 2.23. The highest BCUT2D eigenvalue weighted by molar-refractivity contribution is 5.78. The van der Waals surface area contributed by atoms with E-state index in [4.69, 9.17) is 0 Å². The maximum absolute atomic E-state index is 13.2. The summed E-state index contributed by atoms with van der Waals surface area (Å²) in [5.74, 6) is 0.922. The number of anilines is 1. The van der Waals surface area contributed by atoms with Crippen LogP contribution in [0.2, 0.25) is 0 Å². The molecule has 4 rings (SSSR count). The van der Waals surface area contributed by atoms with Gasteiger partial charge in [0.05, 0.1) is 6.54 Å². The van der Waals surface area contributed by atoms with Crippen LogP contribution in [-0.4, -0.2) is 58.4 Å². The first-order valence-corrected chi connectivity index (χ1v) is 10.4. The molecule has 154 valence electrons. The summed E-state index contributed by atoms with van der Waals surface area (Å²) in [6.07, 6.45) is 3.53. The van der Waals surface area contributed by atoms with E-state index in [1.54, 1.807) is 12.4 Å². The monoisotopic (exact) mass is 401 g/mol. The van der Waals surface area contributed by atoms with Gasteiger partial charge in [0, 0.05) is 51.7 Å². The lowest BCUT2D eigenvalue weighted by atomic mass is 10.1. The molecule has 0 radical (unpaired) electrons. The minimum Gasteiger partial charge on any atom is -0.338 e. The summed E-state index contributed by atoms with van der Waals surface area (Å²) in [5, 5.41) is 0. The molecule has 1 aromatic heterocycles. The number of hydrogen-bond donors (Lipinski definition) is 0. The lowest BCUT2D eigenvalue weighted by molar-refractivity contribution is -0.133. The van der Waals surface area contributed by atoms with Crippen LogP contribution in [0.1, 0.15) is 11.1 Å². The third-order valence-corrected chi connectivity index (χ3v) is 5.35. The lowest BCUT2D eigenvalue weighted by Gasteiger charge is -2.35. The van der Waals surface area contributed by atoms with Crippen molar-refractivity contribution in [1.29, 1.82) is 0 Å². The first-order chi connectivity index (χ1) is 14.8. The van der Waals surface area contributed by atoms with Crippen LogP contribution in [0.4, 0.5) is 5.95 Å². The van der Waals surface area contributed by atoms with Crippen molar-refractivity contribution in [1.82, 2.24) is 19.8 Å². The van der Waals surface area contributed by atoms with Crippen LogP contribution in [0.15, 0.2) is 79.1 Å². The lowest BCUT2D eigenvalue weighted by Crippen LogP contribution is -2.50. The van der Waals surface area contributed by atoms with Crippen LogP contribution in [0.3, 0.4) is 0 Å². The molecule has 1 fully saturated rings. The maximum Gasteiger partial charge on any atom is 0.237 e. The topological polar surface area (TPSA) is 52.6 Å². The minimum atomic E-state index is 0.159. The predicted octanol–water partition coefficient (Wildman–Crippen LogP) is 2.83. The molecule has 6 nitrogen and oxygen atoms in total. The average Bonchev–Trinajstić information content (AvgIpc) is 2.81. The zero-order chi connectivity index (χ0) is 20.6. The van der Waals surface area contributed by atoms with E-state index in [1.807, 2.05) is 47.4 Å². The Bertz CT molecular complexity index is 871. The molecule has 0 saturated carbocycles. The molecular formula is C24H27N5O. The number of carbonyl (C=O) groups excluding carboxylic acids is 1. The molecule has 0 unspecified atom stereocenters. The molecule has 30 heavy (non-hydrogen) atoms. The van der Waals surface area contributed by atoms with E-state index >= 15 is 0 Å². The number of carbonyl (C=O) groups is 1. The SMILES string of the molecule is O=C(CN1CCN(c2ncccn2)CC1)N(Cc1ccccc1)Cc1ccccc1. The van der Waals surface area contributed by atoms with Crippen molar-refractivity contribution < 1.29 is 4.79 Å². The Balaban J connectivity index is 1.38. The van der Waals surface area contributed by atoms with Gasteiger partial charge in [-0.15, -0.1) is 0 Å². The number of rotatable bonds is 7. The van der Waals surface area contributed by atoms with E-state index in [1.165, 1.54) is 0 Å². The fraction of sp³-hybridized carbons (Fsp3) is 0.292. The van der Waals surface area contributed by atoms with Crippen molar-refractivity contribution in [2.45, 2.75) is 13.1 Å². The number of hydrogen-bond acceptors (Lipinski definition) is 5. The Kier molecular flexibility index (Phi) is 6.67. The van der Waals surface area contributed by atoms with E-state index < -0.39 is 0 Å². The number of aromatic nitrogens is 2. The molecule has 1 aliphatic heterocycles. The van der Waals surface area contributed by atoms with Crippen molar-refractivity contribution in [3.05, 3.63) is 90.3 Å². The van der Waals surface area contributed by atoms with Gasteiger partial charge in [0.2, 0.25) is 11.9 Å². The number of amides is 1. The Hall–Kier alpha value is -3.25. The average molecular weight is 402 g/mol. The Labute approximate surface area is 177 Å². The van der Waals surface area contributed by atoms with Gasteiger partial charge in [-0.1, -0.05) is 60.7 Å². The summed E-state index contributed by atoms with van der Waals surface area (Å²) in [5.41, 5.74) is 2.29. The first-order valence-electron chi connectivity index (χ1n) is 10.4. The van der Waals surface area contributed by atoms with E-state index in [0.29, 0.717) is 19.6 Å². The molecule has 2 heterocycles. The molecule has 0 aliphatic carbocycles. The van der Waals surface area contributed by atoms with Gasteiger partial charge in [-0.3, -0.25) is 9.69 Å². The van der Waals surface area contributed by atoms with Crippen molar-refractivity contribution in [2.24, 2.45) is 0 Å². The van der Waals surface area contributed by atoms with E-state index in [-0.39, 0.29) is 5.91 Å². The highest BCUT2D eigenvalue weighted by Crippen LogP contribution is 2.13. The molecule has 0 N–H and O–H groups in total. The number of benzene rings is 2. The Morgan fingerprint density at radius 1 is 0.767 bits per heavy atom. The van der Waals surface area contributed by atoms with Gasteiger partial charge in [-0.25, -0.2) is 9.97 Å². The summed E-state index contributed by atoms with van der Waals surface area (Å²) in [7, 11) is 0. The van der Waals surface area contributed by atoms with Crippen molar-refractivity contribution in [3.8, 4) is 0 Å². The van der Waals surface area contributed by atoms with Crippen LogP contribution in [0, 0.1) is 0 Å². The Morgan fingerprint density at radius 3 is 1.83 bits per heavy atom. The van der Waals surface area contributed by atoms with Crippen LogP contribution >= 0.6 is 0 Å². The molecule has 6 heteroatoms. The zero-order valence-corrected chi connectivity index (χ0v) is 17.1. The number of piperazine rings is 1.